The Hall–Kier alpha value is -0.850. The first-order valence-electron chi connectivity index (χ1n) is 5.64. The summed E-state index contributed by atoms with van der Waals surface area (Å²) in [6.45, 7) is 5.21. The zero-order valence-corrected chi connectivity index (χ0v) is 11.0. The van der Waals surface area contributed by atoms with Crippen molar-refractivity contribution in [3.05, 3.63) is 17.9 Å². The van der Waals surface area contributed by atoms with Crippen LogP contribution in [-0.4, -0.2) is 32.4 Å². The van der Waals surface area contributed by atoms with Crippen molar-refractivity contribution in [1.29, 1.82) is 0 Å². The molecule has 6 heteroatoms. The first kappa shape index (κ1) is 12.6. The highest BCUT2D eigenvalue weighted by Gasteiger charge is 2.40. The van der Waals surface area contributed by atoms with Crippen LogP contribution in [0.2, 0.25) is 0 Å². The minimum absolute atomic E-state index is 0.0243. The summed E-state index contributed by atoms with van der Waals surface area (Å²) in [6, 6.07) is 3.16. The fourth-order valence-electron chi connectivity index (χ4n) is 2.03. The molecular formula is C11H18N2O3S. The molecule has 1 aliphatic heterocycles. The molecule has 96 valence electrons. The van der Waals surface area contributed by atoms with Gasteiger partial charge in [0.15, 0.2) is 0 Å². The molecular weight excluding hydrogens is 240 g/mol. The molecule has 5 nitrogen and oxygen atoms in total. The lowest BCUT2D eigenvalue weighted by Crippen LogP contribution is -2.34. The zero-order valence-electron chi connectivity index (χ0n) is 10.1. The van der Waals surface area contributed by atoms with E-state index in [1.54, 1.807) is 13.0 Å². The average Bonchev–Trinajstić information content (AvgIpc) is 2.86. The van der Waals surface area contributed by atoms with E-state index >= 15 is 0 Å². The third-order valence-corrected chi connectivity index (χ3v) is 5.04. The van der Waals surface area contributed by atoms with Crippen molar-refractivity contribution < 1.29 is 12.8 Å². The van der Waals surface area contributed by atoms with Crippen LogP contribution in [0.1, 0.15) is 19.1 Å². The van der Waals surface area contributed by atoms with E-state index < -0.39 is 10.0 Å². The number of sulfonamides is 1. The van der Waals surface area contributed by atoms with Crippen LogP contribution in [-0.2, 0) is 10.0 Å². The molecule has 0 aliphatic carbocycles. The van der Waals surface area contributed by atoms with Crippen LogP contribution in [0, 0.1) is 12.3 Å². The van der Waals surface area contributed by atoms with Gasteiger partial charge in [0.1, 0.15) is 5.76 Å². The van der Waals surface area contributed by atoms with Gasteiger partial charge in [0.25, 0.3) is 10.0 Å². The van der Waals surface area contributed by atoms with E-state index in [1.165, 1.54) is 10.4 Å². The van der Waals surface area contributed by atoms with Crippen molar-refractivity contribution in [3.63, 3.8) is 0 Å². The van der Waals surface area contributed by atoms with Crippen molar-refractivity contribution in [3.8, 4) is 0 Å². The Morgan fingerprint density at radius 3 is 2.71 bits per heavy atom. The van der Waals surface area contributed by atoms with Gasteiger partial charge in [0.2, 0.25) is 5.09 Å². The second-order valence-electron chi connectivity index (χ2n) is 4.97. The molecule has 1 aromatic heterocycles. The van der Waals surface area contributed by atoms with E-state index in [-0.39, 0.29) is 10.5 Å². The second-order valence-corrected chi connectivity index (χ2v) is 6.84. The van der Waals surface area contributed by atoms with Crippen molar-refractivity contribution in [2.75, 3.05) is 19.6 Å². The first-order valence-corrected chi connectivity index (χ1v) is 7.08. The number of rotatable bonds is 3. The highest BCUT2D eigenvalue weighted by Crippen LogP contribution is 2.32. The van der Waals surface area contributed by atoms with Crippen molar-refractivity contribution in [1.82, 2.24) is 4.31 Å². The molecule has 0 spiro atoms. The van der Waals surface area contributed by atoms with Crippen LogP contribution in [0.3, 0.4) is 0 Å². The molecule has 0 bridgehead atoms. The minimum Gasteiger partial charge on any atom is -0.449 e. The van der Waals surface area contributed by atoms with Gasteiger partial charge in [-0.15, -0.1) is 0 Å². The SMILES string of the molecule is Cc1ccc(S(=O)(=O)N2CCC(C)(CN)C2)o1. The maximum absolute atomic E-state index is 12.2. The van der Waals surface area contributed by atoms with E-state index in [4.69, 9.17) is 10.2 Å². The van der Waals surface area contributed by atoms with Gasteiger partial charge in [0, 0.05) is 13.1 Å². The molecule has 2 heterocycles. The Bertz CT molecular complexity index is 509. The quantitative estimate of drug-likeness (QED) is 0.875. The number of aryl methyl sites for hydroxylation is 1. The molecule has 0 amide bonds. The third-order valence-electron chi connectivity index (χ3n) is 3.33. The number of nitrogens with two attached hydrogens (primary N) is 1. The lowest BCUT2D eigenvalue weighted by molar-refractivity contribution is 0.342. The topological polar surface area (TPSA) is 76.5 Å². The molecule has 0 aromatic carbocycles. The van der Waals surface area contributed by atoms with Crippen molar-refractivity contribution in [2.45, 2.75) is 25.4 Å². The summed E-state index contributed by atoms with van der Waals surface area (Å²) in [7, 11) is -3.49. The summed E-state index contributed by atoms with van der Waals surface area (Å²) in [4.78, 5) is 0. The normalized spacial score (nSPS) is 26.5. The molecule has 1 unspecified atom stereocenters. The highest BCUT2D eigenvalue weighted by molar-refractivity contribution is 7.89. The summed E-state index contributed by atoms with van der Waals surface area (Å²) in [5.74, 6) is 0.601. The molecule has 2 rings (SSSR count). The van der Waals surface area contributed by atoms with Crippen LogP contribution in [0.5, 0.6) is 0 Å². The highest BCUT2D eigenvalue weighted by atomic mass is 32.2. The number of hydrogen-bond acceptors (Lipinski definition) is 4. The fourth-order valence-corrected chi connectivity index (χ4v) is 3.57. The summed E-state index contributed by atoms with van der Waals surface area (Å²) in [6.07, 6.45) is 0.794. The molecule has 0 saturated carbocycles. The van der Waals surface area contributed by atoms with Crippen LogP contribution < -0.4 is 5.73 Å². The standard InChI is InChI=1S/C11H18N2O3S/c1-9-3-4-10(16-9)17(14,15)13-6-5-11(2,7-12)8-13/h3-4H,5-8,12H2,1-2H3. The van der Waals surface area contributed by atoms with E-state index in [9.17, 15) is 8.42 Å². The van der Waals surface area contributed by atoms with Crippen LogP contribution in [0.25, 0.3) is 0 Å². The minimum atomic E-state index is -3.49. The Kier molecular flexibility index (Phi) is 3.05. The Morgan fingerprint density at radius 2 is 2.24 bits per heavy atom. The molecule has 1 atom stereocenters. The first-order chi connectivity index (χ1) is 7.87. The molecule has 1 aliphatic rings. The average molecular weight is 258 g/mol. The maximum atomic E-state index is 12.2. The monoisotopic (exact) mass is 258 g/mol. The second kappa shape index (κ2) is 4.12. The van der Waals surface area contributed by atoms with Gasteiger partial charge in [-0.2, -0.15) is 4.31 Å². The molecule has 1 fully saturated rings. The van der Waals surface area contributed by atoms with E-state index in [1.807, 2.05) is 6.92 Å². The summed E-state index contributed by atoms with van der Waals surface area (Å²) in [5.41, 5.74) is 5.56. The Balaban J connectivity index is 2.24. The van der Waals surface area contributed by atoms with E-state index in [0.717, 1.165) is 6.42 Å². The molecule has 2 N–H and O–H groups in total. The molecule has 1 saturated heterocycles. The summed E-state index contributed by atoms with van der Waals surface area (Å²) < 4.78 is 31.1. The van der Waals surface area contributed by atoms with Gasteiger partial charge < -0.3 is 10.2 Å². The van der Waals surface area contributed by atoms with Gasteiger partial charge in [-0.1, -0.05) is 6.92 Å². The maximum Gasteiger partial charge on any atom is 0.276 e. The fraction of sp³-hybridized carbons (Fsp3) is 0.636. The van der Waals surface area contributed by atoms with Gasteiger partial charge in [-0.3, -0.25) is 0 Å². The van der Waals surface area contributed by atoms with Crippen LogP contribution in [0.15, 0.2) is 21.6 Å². The van der Waals surface area contributed by atoms with E-state index in [2.05, 4.69) is 0 Å². The Labute approximate surface area is 102 Å². The van der Waals surface area contributed by atoms with Gasteiger partial charge >= 0.3 is 0 Å². The zero-order chi connectivity index (χ0) is 12.7. The van der Waals surface area contributed by atoms with Crippen molar-refractivity contribution in [2.24, 2.45) is 11.1 Å². The van der Waals surface area contributed by atoms with Crippen LogP contribution >= 0.6 is 0 Å². The number of nitrogens with zero attached hydrogens (tertiary/aromatic N) is 1. The predicted molar refractivity (Wildman–Crippen MR) is 64.0 cm³/mol. The van der Waals surface area contributed by atoms with Gasteiger partial charge in [0.05, 0.1) is 0 Å². The summed E-state index contributed by atoms with van der Waals surface area (Å²) in [5, 5.41) is 0.0243. The Morgan fingerprint density at radius 1 is 1.53 bits per heavy atom. The van der Waals surface area contributed by atoms with Gasteiger partial charge in [-0.05, 0) is 37.4 Å². The van der Waals surface area contributed by atoms with Crippen molar-refractivity contribution >= 4 is 10.0 Å². The third kappa shape index (κ3) is 2.25. The lowest BCUT2D eigenvalue weighted by Gasteiger charge is -2.21. The predicted octanol–water partition coefficient (Wildman–Crippen LogP) is 0.947. The van der Waals surface area contributed by atoms with Crippen LogP contribution in [0.4, 0.5) is 0 Å². The number of hydrogen-bond donors (Lipinski definition) is 1. The lowest BCUT2D eigenvalue weighted by atomic mass is 9.90. The summed E-state index contributed by atoms with van der Waals surface area (Å²) >= 11 is 0. The van der Waals surface area contributed by atoms with Gasteiger partial charge in [-0.25, -0.2) is 8.42 Å². The smallest absolute Gasteiger partial charge is 0.276 e. The van der Waals surface area contributed by atoms with E-state index in [0.29, 0.717) is 25.4 Å². The molecule has 17 heavy (non-hydrogen) atoms. The largest absolute Gasteiger partial charge is 0.449 e. The molecule has 0 radical (unpaired) electrons. The number of furan rings is 1. The molecule has 1 aromatic rings.